The van der Waals surface area contributed by atoms with Gasteiger partial charge in [-0.3, -0.25) is 14.6 Å². The van der Waals surface area contributed by atoms with E-state index in [1.54, 1.807) is 12.3 Å². The van der Waals surface area contributed by atoms with Gasteiger partial charge in [0.2, 0.25) is 0 Å². The summed E-state index contributed by atoms with van der Waals surface area (Å²) >= 11 is 6.07. The molecule has 0 bridgehead atoms. The molecule has 6 aliphatic rings. The number of nitrogens with one attached hydrogen (secondary N) is 4. The van der Waals surface area contributed by atoms with Crippen molar-refractivity contribution in [2.75, 3.05) is 0 Å². The Hall–Kier alpha value is -5.27. The summed E-state index contributed by atoms with van der Waals surface area (Å²) in [6.45, 7) is 0. The van der Waals surface area contributed by atoms with Gasteiger partial charge < -0.3 is 20.6 Å². The van der Waals surface area contributed by atoms with Gasteiger partial charge in [0.25, 0.3) is 11.8 Å². The molecule has 2 aliphatic heterocycles. The maximum absolute atomic E-state index is 12.9. The molecule has 0 unspecified atom stereocenters. The Balaban J connectivity index is 0.000000133. The number of nitriles is 1. The number of carbonyl (C=O) groups is 2. The van der Waals surface area contributed by atoms with E-state index in [1.165, 1.54) is 24.0 Å². The normalized spacial score (nSPS) is 19.2. The molecule has 11 rings (SSSR count). The first-order valence-electron chi connectivity index (χ1n) is 17.9. The highest BCUT2D eigenvalue weighted by Gasteiger charge is 2.46. The fraction of sp³-hybridized carbons (Fsp3) is 0.350. The van der Waals surface area contributed by atoms with Gasteiger partial charge in [0, 0.05) is 70.6 Å². The molecular formula is C40H35ClN8O2. The van der Waals surface area contributed by atoms with E-state index in [2.05, 4.69) is 41.6 Å². The number of pyridine rings is 3. The number of hydrogen-bond acceptors (Lipinski definition) is 6. The van der Waals surface area contributed by atoms with Gasteiger partial charge in [-0.2, -0.15) is 5.26 Å². The molecule has 2 fully saturated rings. The number of fused-ring (bicyclic) bond motifs is 10. The maximum Gasteiger partial charge on any atom is 0.253 e. The number of hydrogen-bond donors (Lipinski definition) is 4. The van der Waals surface area contributed by atoms with Crippen LogP contribution in [-0.4, -0.2) is 47.8 Å². The average molecular weight is 695 g/mol. The van der Waals surface area contributed by atoms with Crippen molar-refractivity contribution in [3.8, 4) is 39.8 Å². The van der Waals surface area contributed by atoms with Crippen LogP contribution < -0.4 is 10.6 Å². The molecule has 2 saturated carbocycles. The number of aromatic amines is 2. The molecule has 0 saturated heterocycles. The molecule has 11 heteroatoms. The fourth-order valence-corrected chi connectivity index (χ4v) is 9.40. The second kappa shape index (κ2) is 11.1. The molecular weight excluding hydrogens is 660 g/mol. The number of aryl methyl sites for hydroxylation is 2. The Kier molecular flexibility index (Phi) is 6.66. The van der Waals surface area contributed by atoms with Crippen LogP contribution >= 0.6 is 11.6 Å². The minimum absolute atomic E-state index is 0.0102. The lowest BCUT2D eigenvalue weighted by Gasteiger charge is -2.45. The van der Waals surface area contributed by atoms with Gasteiger partial charge in [0.1, 0.15) is 16.9 Å². The zero-order valence-corrected chi connectivity index (χ0v) is 28.8. The molecule has 0 atom stereocenters. The minimum Gasteiger partial charge on any atom is -0.357 e. The molecule has 5 aromatic heterocycles. The lowest BCUT2D eigenvalue weighted by molar-refractivity contribution is 0.0783. The van der Waals surface area contributed by atoms with Crippen LogP contribution in [0.3, 0.4) is 0 Å². The number of carbonyl (C=O) groups excluding carboxylic acids is 2. The highest BCUT2D eigenvalue weighted by atomic mass is 35.5. The monoisotopic (exact) mass is 694 g/mol. The lowest BCUT2D eigenvalue weighted by atomic mass is 9.71. The Morgan fingerprint density at radius 2 is 1.27 bits per heavy atom. The van der Waals surface area contributed by atoms with Crippen molar-refractivity contribution in [1.29, 1.82) is 5.26 Å². The molecule has 7 heterocycles. The number of H-pyrrole nitrogens is 2. The molecule has 4 N–H and O–H groups in total. The Morgan fingerprint density at radius 1 is 0.706 bits per heavy atom. The van der Waals surface area contributed by atoms with Crippen molar-refractivity contribution in [2.45, 2.75) is 88.1 Å². The Bertz CT molecular complexity index is 2360. The quantitative estimate of drug-likeness (QED) is 0.150. The third kappa shape index (κ3) is 4.78. The van der Waals surface area contributed by atoms with E-state index < -0.39 is 0 Å². The summed E-state index contributed by atoms with van der Waals surface area (Å²) < 4.78 is 0. The Morgan fingerprint density at radius 3 is 1.78 bits per heavy atom. The highest BCUT2D eigenvalue weighted by Crippen LogP contribution is 2.45. The molecule has 5 aromatic rings. The van der Waals surface area contributed by atoms with Crippen LogP contribution in [0.25, 0.3) is 33.8 Å². The van der Waals surface area contributed by atoms with Crippen molar-refractivity contribution >= 4 is 23.4 Å². The van der Waals surface area contributed by atoms with E-state index in [-0.39, 0.29) is 22.9 Å². The number of halogens is 1. The van der Waals surface area contributed by atoms with Crippen LogP contribution in [0.4, 0.5) is 0 Å². The molecule has 51 heavy (non-hydrogen) atoms. The van der Waals surface area contributed by atoms with E-state index in [4.69, 9.17) is 16.9 Å². The van der Waals surface area contributed by atoms with E-state index in [9.17, 15) is 9.59 Å². The maximum atomic E-state index is 12.9. The van der Waals surface area contributed by atoms with E-state index in [0.717, 1.165) is 132 Å². The van der Waals surface area contributed by atoms with Crippen molar-refractivity contribution in [3.63, 3.8) is 0 Å². The fourth-order valence-electron chi connectivity index (χ4n) is 9.24. The topological polar surface area (TPSA) is 152 Å². The van der Waals surface area contributed by atoms with Crippen molar-refractivity contribution < 1.29 is 9.59 Å². The summed E-state index contributed by atoms with van der Waals surface area (Å²) in [6.07, 6.45) is 17.5. The van der Waals surface area contributed by atoms with Crippen molar-refractivity contribution in [3.05, 3.63) is 98.5 Å². The standard InChI is InChI=1S/C23H19N5O.C17H16ClN3O/c24-10-15-4-2-14(12-25-15)18-8-17-13(11-26-18)3-5-16-20-19(27-21(16)17)9-23(6-1-7-23)28-22(20)29;18-13-6-11-9(8-19-13)2-3-10-14-12(20-15(10)11)7-17(4-1-5-17)21-16(14)22/h2,4,8,11-12,27H,1,3,5-7,9H2,(H,28,29);6,8,20H,1-5,7H2,(H,21,22). The van der Waals surface area contributed by atoms with Crippen LogP contribution in [0.5, 0.6) is 0 Å². The summed E-state index contributed by atoms with van der Waals surface area (Å²) in [5.41, 5.74) is 15.0. The van der Waals surface area contributed by atoms with Gasteiger partial charge in [-0.25, -0.2) is 9.97 Å². The van der Waals surface area contributed by atoms with Gasteiger partial charge in [-0.1, -0.05) is 11.6 Å². The first-order valence-corrected chi connectivity index (χ1v) is 18.3. The van der Waals surface area contributed by atoms with Crippen molar-refractivity contribution in [2.24, 2.45) is 0 Å². The molecule has 0 aromatic carbocycles. The van der Waals surface area contributed by atoms with Crippen LogP contribution in [0.2, 0.25) is 5.15 Å². The average Bonchev–Trinajstić information content (AvgIpc) is 3.70. The Labute approximate surface area is 299 Å². The first-order chi connectivity index (χ1) is 24.8. The number of amides is 2. The van der Waals surface area contributed by atoms with Gasteiger partial charge in [-0.05, 0) is 111 Å². The largest absolute Gasteiger partial charge is 0.357 e. The van der Waals surface area contributed by atoms with E-state index in [0.29, 0.717) is 10.8 Å². The van der Waals surface area contributed by atoms with Gasteiger partial charge in [0.05, 0.1) is 28.2 Å². The van der Waals surface area contributed by atoms with Gasteiger partial charge in [-0.15, -0.1) is 0 Å². The molecule has 2 amide bonds. The predicted octanol–water partition coefficient (Wildman–Crippen LogP) is 6.35. The second-order valence-corrected chi connectivity index (χ2v) is 15.5. The predicted molar refractivity (Wildman–Crippen MR) is 191 cm³/mol. The van der Waals surface area contributed by atoms with Gasteiger partial charge >= 0.3 is 0 Å². The summed E-state index contributed by atoms with van der Waals surface area (Å²) in [5, 5.41) is 16.0. The third-order valence-corrected chi connectivity index (χ3v) is 12.4. The van der Waals surface area contributed by atoms with Crippen LogP contribution in [0.15, 0.2) is 42.9 Å². The van der Waals surface area contributed by atoms with Gasteiger partial charge in [0.15, 0.2) is 0 Å². The smallest absolute Gasteiger partial charge is 0.253 e. The zero-order chi connectivity index (χ0) is 34.5. The zero-order valence-electron chi connectivity index (χ0n) is 28.0. The van der Waals surface area contributed by atoms with Crippen LogP contribution in [-0.2, 0) is 38.5 Å². The summed E-state index contributed by atoms with van der Waals surface area (Å²) in [6, 6.07) is 9.61. The molecule has 10 nitrogen and oxygen atoms in total. The number of nitrogens with zero attached hydrogens (tertiary/aromatic N) is 4. The lowest BCUT2D eigenvalue weighted by Crippen LogP contribution is -2.58. The van der Waals surface area contributed by atoms with E-state index >= 15 is 0 Å². The van der Waals surface area contributed by atoms with Crippen LogP contribution in [0.1, 0.15) is 98.6 Å². The number of rotatable bonds is 1. The highest BCUT2D eigenvalue weighted by molar-refractivity contribution is 6.29. The second-order valence-electron chi connectivity index (χ2n) is 15.1. The summed E-state index contributed by atoms with van der Waals surface area (Å²) in [7, 11) is 0. The molecule has 2 spiro atoms. The number of aromatic nitrogens is 5. The SMILES string of the molecule is N#Cc1ccc(-c2cc3c(cn2)CCc2c-3[nH]c3c2C(=O)NC2(CCC2)C3)cn1.O=C1NC2(CCC2)Cc2[nH]c3c(c21)CCc1cnc(Cl)cc1-3. The summed E-state index contributed by atoms with van der Waals surface area (Å²) in [4.78, 5) is 45.7. The minimum atomic E-state index is -0.0298. The molecule has 0 radical (unpaired) electrons. The summed E-state index contributed by atoms with van der Waals surface area (Å²) in [5.74, 6) is 0.180. The van der Waals surface area contributed by atoms with Crippen molar-refractivity contribution in [1.82, 2.24) is 35.6 Å². The third-order valence-electron chi connectivity index (χ3n) is 12.2. The van der Waals surface area contributed by atoms with Crippen LogP contribution in [0, 0.1) is 11.3 Å². The molecule has 254 valence electrons. The van der Waals surface area contributed by atoms with E-state index in [1.807, 2.05) is 30.6 Å². The molecule has 4 aliphatic carbocycles. The first kappa shape index (κ1) is 30.5.